The molecule has 4 rings (SSSR count). The van der Waals surface area contributed by atoms with E-state index in [0.29, 0.717) is 23.1 Å². The van der Waals surface area contributed by atoms with Crippen molar-refractivity contribution in [3.05, 3.63) is 82.5 Å². The van der Waals surface area contributed by atoms with Gasteiger partial charge in [0, 0.05) is 17.6 Å². The van der Waals surface area contributed by atoms with Crippen molar-refractivity contribution < 1.29 is 9.18 Å². The number of hydrogen-bond donors (Lipinski definition) is 1. The smallest absolute Gasteiger partial charge is 0.275 e. The first kappa shape index (κ1) is 18.3. The summed E-state index contributed by atoms with van der Waals surface area (Å²) in [4.78, 5) is 26.5. The Labute approximate surface area is 164 Å². The molecule has 1 amide bonds. The predicted octanol–water partition coefficient (Wildman–Crippen LogP) is 3.43. The molecule has 5 nitrogen and oxygen atoms in total. The first-order valence-electron chi connectivity index (χ1n) is 8.75. The van der Waals surface area contributed by atoms with E-state index < -0.39 is 5.82 Å². The molecule has 0 saturated heterocycles. The van der Waals surface area contributed by atoms with Crippen molar-refractivity contribution in [2.24, 2.45) is 0 Å². The second-order valence-corrected chi connectivity index (χ2v) is 7.29. The zero-order valence-corrected chi connectivity index (χ0v) is 16.0. The van der Waals surface area contributed by atoms with Crippen LogP contribution in [-0.2, 0) is 17.9 Å². The number of fused-ring (bicyclic) bond motifs is 3. The van der Waals surface area contributed by atoms with E-state index in [0.717, 1.165) is 10.5 Å². The Kier molecular flexibility index (Phi) is 4.92. The summed E-state index contributed by atoms with van der Waals surface area (Å²) in [5.74, 6) is -0.765. The molecule has 0 saturated carbocycles. The topological polar surface area (TPSA) is 55.5 Å². The van der Waals surface area contributed by atoms with E-state index in [9.17, 15) is 14.0 Å². The quantitative estimate of drug-likeness (QED) is 0.527. The predicted molar refractivity (Wildman–Crippen MR) is 109 cm³/mol. The van der Waals surface area contributed by atoms with E-state index in [4.69, 9.17) is 0 Å². The van der Waals surface area contributed by atoms with Crippen LogP contribution in [0.1, 0.15) is 5.56 Å². The second-order valence-electron chi connectivity index (χ2n) is 6.41. The van der Waals surface area contributed by atoms with Crippen LogP contribution in [0, 0.1) is 5.82 Å². The third kappa shape index (κ3) is 3.41. The number of rotatable bonds is 5. The number of amides is 1. The van der Waals surface area contributed by atoms with Crippen molar-refractivity contribution in [3.63, 3.8) is 0 Å². The maximum absolute atomic E-state index is 13.8. The average Bonchev–Trinajstić information content (AvgIpc) is 3.20. The summed E-state index contributed by atoms with van der Waals surface area (Å²) in [6, 6.07) is 15.6. The van der Waals surface area contributed by atoms with Crippen molar-refractivity contribution >= 4 is 34.2 Å². The Morgan fingerprint density at radius 1 is 1.07 bits per heavy atom. The van der Waals surface area contributed by atoms with Crippen LogP contribution in [0.3, 0.4) is 0 Å². The number of carbonyl (C=O) groups is 1. The lowest BCUT2D eigenvalue weighted by Crippen LogP contribution is -2.33. The highest BCUT2D eigenvalue weighted by Gasteiger charge is 2.14. The van der Waals surface area contributed by atoms with E-state index in [1.165, 1.54) is 16.7 Å². The lowest BCUT2D eigenvalue weighted by atomic mass is 10.2. The first-order chi connectivity index (χ1) is 13.6. The van der Waals surface area contributed by atoms with Crippen LogP contribution >= 0.6 is 11.8 Å². The molecule has 0 radical (unpaired) electrons. The minimum atomic E-state index is -0.457. The molecule has 0 fully saturated rings. The van der Waals surface area contributed by atoms with Gasteiger partial charge in [0.25, 0.3) is 5.56 Å². The number of benzene rings is 2. The van der Waals surface area contributed by atoms with Gasteiger partial charge >= 0.3 is 0 Å². The SMILES string of the molecule is CSc1ccc(CNC(=O)Cn2c(=O)c3cccn3c3ccc(F)cc32)cc1. The van der Waals surface area contributed by atoms with Crippen molar-refractivity contribution in [2.45, 2.75) is 18.0 Å². The highest BCUT2D eigenvalue weighted by Crippen LogP contribution is 2.17. The monoisotopic (exact) mass is 395 g/mol. The van der Waals surface area contributed by atoms with Gasteiger partial charge in [-0.05, 0) is 54.3 Å². The fourth-order valence-electron chi connectivity index (χ4n) is 3.23. The summed E-state index contributed by atoms with van der Waals surface area (Å²) in [5, 5.41) is 2.83. The van der Waals surface area contributed by atoms with Gasteiger partial charge < -0.3 is 9.72 Å². The maximum atomic E-state index is 13.8. The molecule has 0 aliphatic heterocycles. The van der Waals surface area contributed by atoms with Crippen LogP contribution in [0.5, 0.6) is 0 Å². The second kappa shape index (κ2) is 7.52. The minimum Gasteiger partial charge on any atom is -0.350 e. The molecule has 7 heteroatoms. The highest BCUT2D eigenvalue weighted by atomic mass is 32.2. The van der Waals surface area contributed by atoms with Gasteiger partial charge in [-0.3, -0.25) is 14.2 Å². The van der Waals surface area contributed by atoms with E-state index in [-0.39, 0.29) is 18.0 Å². The van der Waals surface area contributed by atoms with E-state index in [1.807, 2.05) is 30.5 Å². The molecule has 142 valence electrons. The number of nitrogens with zero attached hydrogens (tertiary/aromatic N) is 2. The van der Waals surface area contributed by atoms with Crippen molar-refractivity contribution in [1.29, 1.82) is 0 Å². The Bertz CT molecular complexity index is 1230. The standard InChI is InChI=1S/C21H18FN3O2S/c1-28-16-7-4-14(5-8-16)12-23-20(26)13-25-19-11-15(22)6-9-17(19)24-10-2-3-18(24)21(25)27/h2-11H,12-13H2,1H3,(H,23,26). The van der Waals surface area contributed by atoms with Crippen LogP contribution in [0.4, 0.5) is 4.39 Å². The van der Waals surface area contributed by atoms with Crippen molar-refractivity contribution in [1.82, 2.24) is 14.3 Å². The molecule has 4 aromatic rings. The molecule has 1 N–H and O–H groups in total. The van der Waals surface area contributed by atoms with Gasteiger partial charge in [-0.1, -0.05) is 12.1 Å². The molecule has 2 aromatic carbocycles. The summed E-state index contributed by atoms with van der Waals surface area (Å²) in [5.41, 5.74) is 2.13. The molecule has 2 heterocycles. The summed E-state index contributed by atoms with van der Waals surface area (Å²) >= 11 is 1.65. The molecule has 2 aromatic heterocycles. The van der Waals surface area contributed by atoms with Crippen LogP contribution in [-0.4, -0.2) is 21.1 Å². The van der Waals surface area contributed by atoms with Gasteiger partial charge in [0.1, 0.15) is 17.9 Å². The molecule has 0 unspecified atom stereocenters. The van der Waals surface area contributed by atoms with Crippen LogP contribution in [0.2, 0.25) is 0 Å². The van der Waals surface area contributed by atoms with E-state index >= 15 is 0 Å². The minimum absolute atomic E-state index is 0.177. The summed E-state index contributed by atoms with van der Waals surface area (Å²) < 4.78 is 16.8. The number of aromatic nitrogens is 2. The largest absolute Gasteiger partial charge is 0.350 e. The van der Waals surface area contributed by atoms with Crippen LogP contribution in [0.15, 0.2) is 70.5 Å². The zero-order chi connectivity index (χ0) is 19.7. The molecule has 0 atom stereocenters. The Balaban J connectivity index is 1.62. The molecular formula is C21H18FN3O2S. The number of hydrogen-bond acceptors (Lipinski definition) is 3. The van der Waals surface area contributed by atoms with Gasteiger partial charge in [0.15, 0.2) is 0 Å². The van der Waals surface area contributed by atoms with Crippen molar-refractivity contribution in [3.8, 4) is 0 Å². The zero-order valence-electron chi connectivity index (χ0n) is 15.2. The van der Waals surface area contributed by atoms with E-state index in [1.54, 1.807) is 40.6 Å². The Hall–Kier alpha value is -3.06. The molecular weight excluding hydrogens is 377 g/mol. The summed E-state index contributed by atoms with van der Waals surface area (Å²) in [6.45, 7) is 0.186. The van der Waals surface area contributed by atoms with Gasteiger partial charge in [-0.25, -0.2) is 4.39 Å². The molecule has 0 aliphatic carbocycles. The number of thioether (sulfide) groups is 1. The number of nitrogens with one attached hydrogen (secondary N) is 1. The highest BCUT2D eigenvalue weighted by molar-refractivity contribution is 7.98. The average molecular weight is 395 g/mol. The molecule has 0 aliphatic rings. The normalized spacial score (nSPS) is 11.2. The number of halogens is 1. The van der Waals surface area contributed by atoms with E-state index in [2.05, 4.69) is 5.32 Å². The third-order valence-electron chi connectivity index (χ3n) is 4.65. The first-order valence-corrected chi connectivity index (χ1v) is 9.98. The van der Waals surface area contributed by atoms with Gasteiger partial charge in [-0.15, -0.1) is 11.8 Å². The summed E-state index contributed by atoms with van der Waals surface area (Å²) in [7, 11) is 0. The lowest BCUT2D eigenvalue weighted by Gasteiger charge is -2.13. The fraction of sp³-hybridized carbons (Fsp3) is 0.143. The number of carbonyl (C=O) groups excluding carboxylic acids is 1. The Morgan fingerprint density at radius 2 is 1.86 bits per heavy atom. The van der Waals surface area contributed by atoms with Gasteiger partial charge in [-0.2, -0.15) is 0 Å². The third-order valence-corrected chi connectivity index (χ3v) is 5.39. The van der Waals surface area contributed by atoms with Gasteiger partial charge in [0.05, 0.1) is 11.0 Å². The fourth-order valence-corrected chi connectivity index (χ4v) is 3.64. The molecule has 0 bridgehead atoms. The maximum Gasteiger partial charge on any atom is 0.275 e. The Morgan fingerprint density at radius 3 is 2.61 bits per heavy atom. The summed E-state index contributed by atoms with van der Waals surface area (Å²) in [6.07, 6.45) is 3.75. The van der Waals surface area contributed by atoms with Crippen LogP contribution < -0.4 is 10.9 Å². The molecule has 28 heavy (non-hydrogen) atoms. The molecule has 0 spiro atoms. The lowest BCUT2D eigenvalue weighted by molar-refractivity contribution is -0.121. The van der Waals surface area contributed by atoms with Crippen molar-refractivity contribution in [2.75, 3.05) is 6.26 Å². The van der Waals surface area contributed by atoms with Crippen LogP contribution in [0.25, 0.3) is 16.6 Å². The van der Waals surface area contributed by atoms with Gasteiger partial charge in [0.2, 0.25) is 5.91 Å².